The molecule has 1 saturated heterocycles. The fourth-order valence-corrected chi connectivity index (χ4v) is 2.34. The third kappa shape index (κ3) is 3.61. The fraction of sp³-hybridized carbons (Fsp3) is 0.538. The van der Waals surface area contributed by atoms with E-state index in [1.54, 1.807) is 0 Å². The van der Waals surface area contributed by atoms with Crippen LogP contribution in [0.1, 0.15) is 19.3 Å². The molecule has 0 atom stereocenters. The number of piperidine rings is 1. The predicted molar refractivity (Wildman–Crippen MR) is 76.1 cm³/mol. The van der Waals surface area contributed by atoms with Crippen LogP contribution in [0.5, 0.6) is 0 Å². The number of hydrogen-bond acceptors (Lipinski definition) is 5. The Balaban J connectivity index is 0.000000246. The number of carbonyl (C=O) groups excluding carboxylic acids is 1. The first kappa shape index (κ1) is 16.0. The fourth-order valence-electron chi connectivity index (χ4n) is 2.34. The van der Waals surface area contributed by atoms with Crippen LogP contribution >= 0.6 is 0 Å². The molecular weight excluding hydrogens is 290 g/mol. The van der Waals surface area contributed by atoms with E-state index >= 15 is 0 Å². The number of aryl methyl sites for hydroxylation is 1. The molecule has 0 unspecified atom stereocenters. The van der Waals surface area contributed by atoms with Crippen LogP contribution in [-0.4, -0.2) is 38.2 Å². The molecule has 0 saturated carbocycles. The molecule has 2 aromatic rings. The molecular formula is C13H19N5O4. The minimum atomic E-state index is -1.34. The smallest absolute Gasteiger partial charge is 0.329 e. The lowest BCUT2D eigenvalue weighted by atomic mass is 10.2. The molecule has 0 bridgehead atoms. The van der Waals surface area contributed by atoms with E-state index in [0.717, 1.165) is 9.13 Å². The lowest BCUT2D eigenvalue weighted by Crippen LogP contribution is -2.85. The molecule has 9 heteroatoms. The van der Waals surface area contributed by atoms with Crippen molar-refractivity contribution in [3.05, 3.63) is 27.2 Å². The molecule has 3 rings (SSSR count). The number of rotatable bonds is 2. The Morgan fingerprint density at radius 1 is 1.36 bits per heavy atom. The number of carbonyl (C=O) groups is 1. The largest absolute Gasteiger partial charge is 0.548 e. The first-order valence-corrected chi connectivity index (χ1v) is 7.16. The van der Waals surface area contributed by atoms with Crippen molar-refractivity contribution in [2.24, 2.45) is 7.05 Å². The van der Waals surface area contributed by atoms with E-state index in [1.165, 1.54) is 45.7 Å². The van der Waals surface area contributed by atoms with E-state index in [9.17, 15) is 19.5 Å². The zero-order valence-corrected chi connectivity index (χ0v) is 12.4. The number of hydrogen-bond donors (Lipinski definition) is 2. The second-order valence-electron chi connectivity index (χ2n) is 5.16. The molecule has 3 heterocycles. The van der Waals surface area contributed by atoms with E-state index < -0.39 is 23.8 Å². The number of aromatic nitrogens is 4. The maximum Gasteiger partial charge on any atom is 0.329 e. The van der Waals surface area contributed by atoms with E-state index in [4.69, 9.17) is 0 Å². The van der Waals surface area contributed by atoms with Gasteiger partial charge in [0.05, 0.1) is 31.9 Å². The van der Waals surface area contributed by atoms with Crippen LogP contribution in [0.4, 0.5) is 0 Å². The van der Waals surface area contributed by atoms with Gasteiger partial charge in [0.2, 0.25) is 0 Å². The molecule has 1 fully saturated rings. The van der Waals surface area contributed by atoms with Crippen molar-refractivity contribution in [1.29, 1.82) is 0 Å². The van der Waals surface area contributed by atoms with Crippen LogP contribution in [0.25, 0.3) is 11.2 Å². The van der Waals surface area contributed by atoms with E-state index in [1.807, 2.05) is 0 Å². The number of nitrogens with two attached hydrogens (primary N) is 1. The van der Waals surface area contributed by atoms with Gasteiger partial charge in [-0.25, -0.2) is 9.78 Å². The van der Waals surface area contributed by atoms with Gasteiger partial charge in [0.25, 0.3) is 5.56 Å². The number of quaternary nitrogens is 1. The minimum Gasteiger partial charge on any atom is -0.548 e. The van der Waals surface area contributed by atoms with Gasteiger partial charge in [-0.05, 0) is 19.3 Å². The molecule has 22 heavy (non-hydrogen) atoms. The average molecular weight is 309 g/mol. The van der Waals surface area contributed by atoms with Crippen molar-refractivity contribution in [2.75, 3.05) is 13.1 Å². The molecule has 1 aliphatic rings. The predicted octanol–water partition coefficient (Wildman–Crippen LogP) is -3.09. The summed E-state index contributed by atoms with van der Waals surface area (Å²) < 4.78 is 2.24. The highest BCUT2D eigenvalue weighted by atomic mass is 16.4. The van der Waals surface area contributed by atoms with Gasteiger partial charge in [-0.3, -0.25) is 14.3 Å². The Morgan fingerprint density at radius 2 is 2.05 bits per heavy atom. The van der Waals surface area contributed by atoms with E-state index in [2.05, 4.69) is 15.3 Å². The van der Waals surface area contributed by atoms with Crippen LogP contribution in [0.3, 0.4) is 0 Å². The van der Waals surface area contributed by atoms with Gasteiger partial charge in [0, 0.05) is 7.05 Å². The molecule has 9 nitrogen and oxygen atoms in total. The van der Waals surface area contributed by atoms with Gasteiger partial charge in [0.15, 0.2) is 11.2 Å². The first-order valence-electron chi connectivity index (χ1n) is 7.16. The highest BCUT2D eigenvalue weighted by Crippen LogP contribution is 2.03. The second-order valence-corrected chi connectivity index (χ2v) is 5.16. The third-order valence-electron chi connectivity index (χ3n) is 3.49. The van der Waals surface area contributed by atoms with Crippen molar-refractivity contribution >= 4 is 17.1 Å². The highest BCUT2D eigenvalue weighted by molar-refractivity contribution is 5.73. The SMILES string of the molecule is C1CC[NH2+]CC1.Cn1c(=O)[nH]c(=O)c2c1ncn2CC(=O)[O-]. The van der Waals surface area contributed by atoms with Crippen molar-refractivity contribution in [3.63, 3.8) is 0 Å². The number of carboxylic acids is 1. The van der Waals surface area contributed by atoms with Gasteiger partial charge < -0.3 is 19.8 Å². The Hall–Kier alpha value is -2.42. The minimum absolute atomic E-state index is 0.0336. The summed E-state index contributed by atoms with van der Waals surface area (Å²) in [6.07, 6.45) is 5.53. The molecule has 0 aliphatic carbocycles. The van der Waals surface area contributed by atoms with E-state index in [-0.39, 0.29) is 11.2 Å². The van der Waals surface area contributed by atoms with Crippen molar-refractivity contribution in [3.8, 4) is 0 Å². The zero-order chi connectivity index (χ0) is 16.1. The Kier molecular flexibility index (Phi) is 5.10. The lowest BCUT2D eigenvalue weighted by Gasteiger charge is -2.05. The second kappa shape index (κ2) is 7.03. The first-order chi connectivity index (χ1) is 10.5. The van der Waals surface area contributed by atoms with Gasteiger partial charge in [-0.2, -0.15) is 0 Å². The number of aliphatic carboxylic acids is 1. The molecule has 0 radical (unpaired) electrons. The summed E-state index contributed by atoms with van der Waals surface area (Å²) in [5.74, 6) is -1.34. The van der Waals surface area contributed by atoms with Crippen molar-refractivity contribution in [2.45, 2.75) is 25.8 Å². The summed E-state index contributed by atoms with van der Waals surface area (Å²) in [5, 5.41) is 12.8. The molecule has 0 spiro atoms. The van der Waals surface area contributed by atoms with Crippen LogP contribution in [0.15, 0.2) is 15.9 Å². The van der Waals surface area contributed by atoms with Gasteiger partial charge >= 0.3 is 5.69 Å². The topological polar surface area (TPSA) is 129 Å². The Bertz CT molecular complexity index is 757. The Labute approximate surface area is 125 Å². The molecule has 3 N–H and O–H groups in total. The summed E-state index contributed by atoms with van der Waals surface area (Å²) in [6, 6.07) is 0. The zero-order valence-electron chi connectivity index (χ0n) is 12.4. The average Bonchev–Trinajstić information content (AvgIpc) is 2.91. The van der Waals surface area contributed by atoms with Crippen LogP contribution < -0.4 is 21.7 Å². The molecule has 0 amide bonds. The van der Waals surface area contributed by atoms with Crippen LogP contribution in [-0.2, 0) is 18.4 Å². The standard InChI is InChI=1S/C8H8N4O4.C5H11N/c1-11-6-5(7(15)10-8(11)16)12(3-9-6)2-4(13)14;1-2-4-6-5-3-1/h3H,2H2,1H3,(H,13,14)(H,10,15,16);6H,1-5H2. The number of carboxylic acid groups (broad SMARTS) is 1. The summed E-state index contributed by atoms with van der Waals surface area (Å²) in [7, 11) is 1.43. The molecule has 0 aromatic carbocycles. The summed E-state index contributed by atoms with van der Waals surface area (Å²) in [6.45, 7) is 2.26. The highest BCUT2D eigenvalue weighted by Gasteiger charge is 2.10. The number of nitrogens with one attached hydrogen (secondary N) is 1. The summed E-state index contributed by atoms with van der Waals surface area (Å²) in [5.41, 5.74) is -1.10. The van der Waals surface area contributed by atoms with E-state index in [0.29, 0.717) is 0 Å². The number of fused-ring (bicyclic) bond motifs is 1. The van der Waals surface area contributed by atoms with Gasteiger partial charge in [-0.1, -0.05) is 0 Å². The summed E-state index contributed by atoms with van der Waals surface area (Å²) >= 11 is 0. The number of aromatic amines is 1. The number of H-pyrrole nitrogens is 1. The van der Waals surface area contributed by atoms with Gasteiger partial charge in [-0.15, -0.1) is 0 Å². The Morgan fingerprint density at radius 3 is 2.55 bits per heavy atom. The molecule has 1 aliphatic heterocycles. The van der Waals surface area contributed by atoms with Crippen molar-refractivity contribution < 1.29 is 15.2 Å². The molecule has 2 aromatic heterocycles. The monoisotopic (exact) mass is 309 g/mol. The number of imidazole rings is 1. The molecule has 120 valence electrons. The van der Waals surface area contributed by atoms with Gasteiger partial charge in [0.1, 0.15) is 0 Å². The third-order valence-corrected chi connectivity index (χ3v) is 3.49. The maximum absolute atomic E-state index is 11.5. The summed E-state index contributed by atoms with van der Waals surface area (Å²) in [4.78, 5) is 39.0. The normalized spacial score (nSPS) is 14.4. The van der Waals surface area contributed by atoms with Crippen LogP contribution in [0.2, 0.25) is 0 Å². The van der Waals surface area contributed by atoms with Crippen molar-refractivity contribution in [1.82, 2.24) is 19.1 Å². The lowest BCUT2D eigenvalue weighted by molar-refractivity contribution is -0.662. The van der Waals surface area contributed by atoms with Crippen LogP contribution in [0, 0.1) is 0 Å². The quantitative estimate of drug-likeness (QED) is 0.607. The number of nitrogens with zero attached hydrogens (tertiary/aromatic N) is 3. The maximum atomic E-state index is 11.5.